The summed E-state index contributed by atoms with van der Waals surface area (Å²) >= 11 is 0. The van der Waals surface area contributed by atoms with Gasteiger partial charge in [0.1, 0.15) is 0 Å². The zero-order chi connectivity index (χ0) is 11.5. The van der Waals surface area contributed by atoms with Crippen LogP contribution in [0.3, 0.4) is 0 Å². The Hall–Kier alpha value is -0.0800. The van der Waals surface area contributed by atoms with E-state index in [1.807, 2.05) is 0 Å². The zero-order valence-corrected chi connectivity index (χ0v) is 11.3. The van der Waals surface area contributed by atoms with Crippen molar-refractivity contribution in [1.82, 2.24) is 10.0 Å². The molecular formula is C13H30N2. The summed E-state index contributed by atoms with van der Waals surface area (Å²) in [7, 11) is 6.36. The van der Waals surface area contributed by atoms with Crippen LogP contribution in [0.4, 0.5) is 0 Å². The number of nitrogens with zero attached hydrogens (tertiary/aromatic N) is 2. The van der Waals surface area contributed by atoms with Crippen LogP contribution < -0.4 is 0 Å². The van der Waals surface area contributed by atoms with Crippen LogP contribution in [0.5, 0.6) is 0 Å². The molecular weight excluding hydrogens is 184 g/mol. The fraction of sp³-hybridized carbons (Fsp3) is 1.00. The molecule has 0 aliphatic rings. The highest BCUT2D eigenvalue weighted by Gasteiger charge is 1.98. The molecule has 0 amide bonds. The maximum atomic E-state index is 2.27. The molecule has 0 bridgehead atoms. The molecule has 0 aliphatic heterocycles. The van der Waals surface area contributed by atoms with Crippen molar-refractivity contribution >= 4 is 0 Å². The number of hydrazine groups is 1. The summed E-state index contributed by atoms with van der Waals surface area (Å²) in [4.78, 5) is 0. The minimum atomic E-state index is 1.20. The molecule has 0 fully saturated rings. The van der Waals surface area contributed by atoms with Crippen LogP contribution in [0.15, 0.2) is 0 Å². The van der Waals surface area contributed by atoms with Gasteiger partial charge in [-0.3, -0.25) is 0 Å². The molecule has 0 aromatic carbocycles. The fourth-order valence-corrected chi connectivity index (χ4v) is 1.67. The van der Waals surface area contributed by atoms with E-state index >= 15 is 0 Å². The first-order valence-corrected chi connectivity index (χ1v) is 6.56. The Morgan fingerprint density at radius 2 is 1.13 bits per heavy atom. The molecule has 0 radical (unpaired) electrons. The quantitative estimate of drug-likeness (QED) is 0.405. The van der Waals surface area contributed by atoms with Crippen molar-refractivity contribution in [1.29, 1.82) is 0 Å². The van der Waals surface area contributed by atoms with Gasteiger partial charge in [-0.15, -0.1) is 0 Å². The number of unbranched alkanes of at least 4 members (excludes halogenated alkanes) is 7. The second-order valence-corrected chi connectivity index (χ2v) is 4.70. The molecule has 2 nitrogen and oxygen atoms in total. The molecule has 0 spiro atoms. The van der Waals surface area contributed by atoms with Crippen molar-refractivity contribution < 1.29 is 0 Å². The first-order valence-electron chi connectivity index (χ1n) is 6.56. The number of rotatable bonds is 10. The molecule has 0 heterocycles. The first-order chi connectivity index (χ1) is 7.18. The molecule has 0 aromatic heterocycles. The Morgan fingerprint density at radius 3 is 1.60 bits per heavy atom. The van der Waals surface area contributed by atoms with E-state index in [9.17, 15) is 0 Å². The Kier molecular flexibility index (Phi) is 10.4. The fourth-order valence-electron chi connectivity index (χ4n) is 1.67. The van der Waals surface area contributed by atoms with Gasteiger partial charge in [0, 0.05) is 27.7 Å². The van der Waals surface area contributed by atoms with Gasteiger partial charge in [-0.05, 0) is 6.42 Å². The van der Waals surface area contributed by atoms with Crippen molar-refractivity contribution in [2.24, 2.45) is 0 Å². The summed E-state index contributed by atoms with van der Waals surface area (Å²) in [6.07, 6.45) is 11.2. The lowest BCUT2D eigenvalue weighted by molar-refractivity contribution is 0.0543. The monoisotopic (exact) mass is 214 g/mol. The van der Waals surface area contributed by atoms with Gasteiger partial charge in [0.25, 0.3) is 0 Å². The summed E-state index contributed by atoms with van der Waals surface area (Å²) in [6.45, 7) is 3.47. The molecule has 0 atom stereocenters. The van der Waals surface area contributed by atoms with E-state index in [-0.39, 0.29) is 0 Å². The Balaban J connectivity index is 3.05. The Labute approximate surface area is 96.6 Å². The van der Waals surface area contributed by atoms with E-state index in [0.29, 0.717) is 0 Å². The van der Waals surface area contributed by atoms with Crippen molar-refractivity contribution in [3.8, 4) is 0 Å². The third kappa shape index (κ3) is 10.2. The average molecular weight is 214 g/mol. The van der Waals surface area contributed by atoms with Gasteiger partial charge in [-0.25, -0.2) is 10.0 Å². The molecule has 0 saturated heterocycles. The Morgan fingerprint density at radius 1 is 0.667 bits per heavy atom. The summed E-state index contributed by atoms with van der Waals surface area (Å²) < 4.78 is 0. The normalized spacial score (nSPS) is 11.6. The van der Waals surface area contributed by atoms with E-state index in [1.54, 1.807) is 0 Å². The molecule has 0 aromatic rings. The van der Waals surface area contributed by atoms with Crippen molar-refractivity contribution in [3.05, 3.63) is 0 Å². The summed E-state index contributed by atoms with van der Waals surface area (Å²) in [5, 5.41) is 4.43. The third-order valence-corrected chi connectivity index (χ3v) is 3.02. The molecule has 15 heavy (non-hydrogen) atoms. The lowest BCUT2D eigenvalue weighted by Crippen LogP contribution is -2.33. The second-order valence-electron chi connectivity index (χ2n) is 4.70. The molecule has 0 aliphatic carbocycles. The molecule has 0 saturated carbocycles. The van der Waals surface area contributed by atoms with E-state index < -0.39 is 0 Å². The molecule has 0 unspecified atom stereocenters. The van der Waals surface area contributed by atoms with Gasteiger partial charge < -0.3 is 0 Å². The van der Waals surface area contributed by atoms with E-state index in [4.69, 9.17) is 0 Å². The average Bonchev–Trinajstić information content (AvgIpc) is 2.21. The van der Waals surface area contributed by atoms with Gasteiger partial charge in [-0.2, -0.15) is 0 Å². The zero-order valence-electron chi connectivity index (χ0n) is 11.3. The standard InChI is InChI=1S/C13H30N2/c1-5-6-7-8-9-10-11-12-13-15(4)14(2)3/h5-13H2,1-4H3. The summed E-state index contributed by atoms with van der Waals surface area (Å²) in [5.41, 5.74) is 0. The van der Waals surface area contributed by atoms with Gasteiger partial charge in [0.15, 0.2) is 0 Å². The van der Waals surface area contributed by atoms with Crippen LogP contribution in [0, 0.1) is 0 Å². The maximum Gasteiger partial charge on any atom is 0.0130 e. The van der Waals surface area contributed by atoms with Crippen LogP contribution in [-0.4, -0.2) is 37.7 Å². The maximum absolute atomic E-state index is 2.27. The largest absolute Gasteiger partial charge is 0.248 e. The highest BCUT2D eigenvalue weighted by atomic mass is 15.6. The second kappa shape index (κ2) is 10.4. The predicted molar refractivity (Wildman–Crippen MR) is 68.9 cm³/mol. The third-order valence-electron chi connectivity index (χ3n) is 3.02. The molecule has 0 N–H and O–H groups in total. The van der Waals surface area contributed by atoms with Crippen LogP contribution in [-0.2, 0) is 0 Å². The minimum absolute atomic E-state index is 1.20. The van der Waals surface area contributed by atoms with Crippen LogP contribution in [0.25, 0.3) is 0 Å². The lowest BCUT2D eigenvalue weighted by atomic mass is 10.1. The SMILES string of the molecule is CCCCCCCCCCN(C)N(C)C. The van der Waals surface area contributed by atoms with Gasteiger partial charge in [-0.1, -0.05) is 51.9 Å². The first kappa shape index (κ1) is 14.9. The van der Waals surface area contributed by atoms with Crippen molar-refractivity contribution in [2.45, 2.75) is 58.3 Å². The van der Waals surface area contributed by atoms with Crippen molar-refractivity contribution in [2.75, 3.05) is 27.7 Å². The van der Waals surface area contributed by atoms with E-state index in [1.165, 1.54) is 57.9 Å². The van der Waals surface area contributed by atoms with E-state index in [2.05, 4.69) is 38.1 Å². The van der Waals surface area contributed by atoms with Crippen molar-refractivity contribution in [3.63, 3.8) is 0 Å². The summed E-state index contributed by atoms with van der Waals surface area (Å²) in [5.74, 6) is 0. The number of hydrogen-bond donors (Lipinski definition) is 0. The highest BCUT2D eigenvalue weighted by molar-refractivity contribution is 4.49. The van der Waals surface area contributed by atoms with Crippen LogP contribution >= 0.6 is 0 Å². The van der Waals surface area contributed by atoms with Gasteiger partial charge in [0.2, 0.25) is 0 Å². The molecule has 92 valence electrons. The van der Waals surface area contributed by atoms with Crippen LogP contribution in [0.1, 0.15) is 58.3 Å². The van der Waals surface area contributed by atoms with Crippen LogP contribution in [0.2, 0.25) is 0 Å². The lowest BCUT2D eigenvalue weighted by Gasteiger charge is -2.23. The molecule has 0 rings (SSSR count). The predicted octanol–water partition coefficient (Wildman–Crippen LogP) is 3.54. The molecule has 2 heteroatoms. The van der Waals surface area contributed by atoms with Gasteiger partial charge in [0.05, 0.1) is 0 Å². The smallest absolute Gasteiger partial charge is 0.0130 e. The Bertz CT molecular complexity index is 124. The summed E-state index contributed by atoms with van der Waals surface area (Å²) in [6, 6.07) is 0. The van der Waals surface area contributed by atoms with Gasteiger partial charge >= 0.3 is 0 Å². The topological polar surface area (TPSA) is 6.48 Å². The number of hydrogen-bond acceptors (Lipinski definition) is 2. The highest BCUT2D eigenvalue weighted by Crippen LogP contribution is 2.08. The minimum Gasteiger partial charge on any atom is -0.248 e. The van der Waals surface area contributed by atoms with E-state index in [0.717, 1.165) is 0 Å².